The molecule has 0 spiro atoms. The molecule has 20 nitrogen and oxygen atoms in total. The zero-order valence-electron chi connectivity index (χ0n) is 31.9. The van der Waals surface area contributed by atoms with Crippen LogP contribution in [0.2, 0.25) is 0 Å². The van der Waals surface area contributed by atoms with Crippen molar-refractivity contribution in [2.75, 3.05) is 20.1 Å². The van der Waals surface area contributed by atoms with Gasteiger partial charge in [0, 0.05) is 20.0 Å². The number of rotatable bonds is 22. The van der Waals surface area contributed by atoms with Crippen LogP contribution in [-0.2, 0) is 35.2 Å². The van der Waals surface area contributed by atoms with E-state index in [1.807, 2.05) is 0 Å². The number of carbonyl (C=O) groups excluding carboxylic acids is 5. The molecule has 0 aliphatic heterocycles. The summed E-state index contributed by atoms with van der Waals surface area (Å²) in [7, 11) is 1.34. The largest absolute Gasteiger partial charge is 0.508 e. The minimum absolute atomic E-state index is 0.00749. The number of phenolic OH excluding ortho intramolecular Hbond substituents is 1. The molecule has 0 radical (unpaired) electrons. The third-order valence-electron chi connectivity index (χ3n) is 8.46. The number of aliphatic carboxylic acids is 1. The third-order valence-corrected chi connectivity index (χ3v) is 8.46. The van der Waals surface area contributed by atoms with Gasteiger partial charge >= 0.3 is 11.9 Å². The van der Waals surface area contributed by atoms with Gasteiger partial charge in [-0.25, -0.2) is 19.7 Å². The van der Waals surface area contributed by atoms with Crippen molar-refractivity contribution in [3.8, 4) is 5.75 Å². The van der Waals surface area contributed by atoms with E-state index in [-0.39, 0.29) is 37.1 Å². The van der Waals surface area contributed by atoms with Gasteiger partial charge in [-0.3, -0.25) is 19.2 Å². The van der Waals surface area contributed by atoms with Crippen molar-refractivity contribution in [2.45, 2.75) is 77.5 Å². The normalized spacial score (nSPS) is 14.0. The average Bonchev–Trinajstić information content (AvgIpc) is 3.13. The number of hydrazone groups is 1. The van der Waals surface area contributed by atoms with Gasteiger partial charge in [-0.2, -0.15) is 0 Å². The number of hydrogen-bond donors (Lipinski definition) is 8. The number of carboxylic acid groups (broad SMARTS) is 1. The molecule has 0 heterocycles. The Morgan fingerprint density at radius 3 is 2.07 bits per heavy atom. The Balaban J connectivity index is 2.28. The van der Waals surface area contributed by atoms with E-state index in [1.165, 1.54) is 43.4 Å². The highest BCUT2D eigenvalue weighted by molar-refractivity contribution is 5.95. The fourth-order valence-electron chi connectivity index (χ4n) is 5.22. The number of aromatic hydroxyl groups is 1. The van der Waals surface area contributed by atoms with Gasteiger partial charge in [0.15, 0.2) is 5.03 Å². The molecule has 20 heteroatoms. The highest BCUT2D eigenvalue weighted by atomic mass is 16.7. The maximum atomic E-state index is 13.8. The summed E-state index contributed by atoms with van der Waals surface area (Å²) in [6, 6.07) is 8.76. The van der Waals surface area contributed by atoms with Gasteiger partial charge in [0.2, 0.25) is 23.6 Å². The number of phenols is 1. The number of likely N-dealkylation sites (N-methyl/N-ethyl adjacent to an activating group) is 1. The summed E-state index contributed by atoms with van der Waals surface area (Å²) in [6.07, 6.45) is 0.407. The van der Waals surface area contributed by atoms with Crippen molar-refractivity contribution in [2.24, 2.45) is 22.7 Å². The first-order chi connectivity index (χ1) is 26.4. The minimum atomic E-state index is -1.31. The van der Waals surface area contributed by atoms with E-state index in [0.29, 0.717) is 12.0 Å². The number of carbonyl (C=O) groups is 6. The Hall–Kier alpha value is -6.31. The predicted octanol–water partition coefficient (Wildman–Crippen LogP) is 0.241. The zero-order valence-corrected chi connectivity index (χ0v) is 31.9. The molecule has 2 rings (SSSR count). The van der Waals surface area contributed by atoms with Gasteiger partial charge in [0.05, 0.1) is 5.56 Å². The van der Waals surface area contributed by atoms with Crippen molar-refractivity contribution in [1.82, 2.24) is 31.6 Å². The number of nitrogens with one attached hydrogen (secondary N) is 5. The summed E-state index contributed by atoms with van der Waals surface area (Å²) in [5.41, 5.74) is 6.24. The van der Waals surface area contributed by atoms with Crippen molar-refractivity contribution in [1.29, 1.82) is 0 Å². The van der Waals surface area contributed by atoms with E-state index in [1.54, 1.807) is 45.9 Å². The topological polar surface area (TPSA) is 297 Å². The first-order valence-electron chi connectivity index (χ1n) is 17.8. The number of nitrogens with two attached hydrogens (primary N) is 1. The molecule has 0 bridgehead atoms. The minimum Gasteiger partial charge on any atom is -0.508 e. The van der Waals surface area contributed by atoms with Crippen LogP contribution < -0.4 is 32.3 Å². The summed E-state index contributed by atoms with van der Waals surface area (Å²) in [5, 5.41) is 45.9. The molecule has 0 aliphatic carbocycles. The number of amides is 4. The third kappa shape index (κ3) is 16.0. The molecule has 0 saturated carbocycles. The molecule has 0 saturated heterocycles. The molecule has 56 heavy (non-hydrogen) atoms. The summed E-state index contributed by atoms with van der Waals surface area (Å²) < 4.78 is 0. The Labute approximate surface area is 323 Å². The molecule has 4 amide bonds. The van der Waals surface area contributed by atoms with E-state index < -0.39 is 89.1 Å². The first-order valence-corrected chi connectivity index (χ1v) is 17.8. The van der Waals surface area contributed by atoms with Crippen molar-refractivity contribution in [3.63, 3.8) is 0 Å². The molecule has 0 fully saturated rings. The molecule has 5 atom stereocenters. The average molecular weight is 786 g/mol. The summed E-state index contributed by atoms with van der Waals surface area (Å²) in [4.78, 5) is 94.5. The van der Waals surface area contributed by atoms with Crippen LogP contribution in [0.4, 0.5) is 0 Å². The monoisotopic (exact) mass is 785 g/mol. The second kappa shape index (κ2) is 22.8. The second-order valence-corrected chi connectivity index (χ2v) is 13.3. The molecule has 0 aliphatic rings. The maximum absolute atomic E-state index is 13.8. The molecule has 9 N–H and O–H groups in total. The van der Waals surface area contributed by atoms with Gasteiger partial charge < -0.3 is 47.4 Å². The van der Waals surface area contributed by atoms with Crippen molar-refractivity contribution < 1.29 is 48.9 Å². The number of guanidine groups is 1. The molecule has 2 aromatic carbocycles. The molecule has 0 aromatic heterocycles. The number of carboxylic acids is 1. The summed E-state index contributed by atoms with van der Waals surface area (Å²) in [6.45, 7) is 6.21. The number of hydroxylamine groups is 2. The van der Waals surface area contributed by atoms with Gasteiger partial charge in [-0.05, 0) is 54.5 Å². The predicted molar refractivity (Wildman–Crippen MR) is 202 cm³/mol. The first kappa shape index (κ1) is 45.8. The van der Waals surface area contributed by atoms with Gasteiger partial charge in [-0.1, -0.05) is 64.4 Å². The van der Waals surface area contributed by atoms with Crippen molar-refractivity contribution in [3.05, 3.63) is 75.8 Å². The Kier molecular flexibility index (Phi) is 18.7. The number of hydrogen-bond acceptors (Lipinski definition) is 11. The van der Waals surface area contributed by atoms with Gasteiger partial charge in [-0.15, -0.1) is 5.06 Å². The van der Waals surface area contributed by atoms with E-state index in [2.05, 4.69) is 31.7 Å². The lowest BCUT2D eigenvalue weighted by molar-refractivity contribution is -0.485. The Bertz CT molecular complexity index is 1690. The fraction of sp³-hybridized carbons (Fsp3) is 0.472. The van der Waals surface area contributed by atoms with Crippen LogP contribution in [0.25, 0.3) is 0 Å². The van der Waals surface area contributed by atoms with E-state index >= 15 is 0 Å². The molecule has 2 aromatic rings. The van der Waals surface area contributed by atoms with Crippen LogP contribution >= 0.6 is 0 Å². The zero-order chi connectivity index (χ0) is 41.9. The number of nitro groups is 1. The standard InChI is InChI=1S/C36H51N9O11/c1-6-22(4)30(34(51)52)42-32(49)27(19-23-14-16-25(46)17-15-23)40-33(50)29(21(2)3)41-31(48)26(13-10-18-38-36(37)43-45(54)55)39-28(47)20-44(5)56-35(53)24-11-8-7-9-12-24/h7-9,11-12,14-17,21-22,26-27,29-30,46H,6,10,13,18-20H2,1-5H3,(H,39,47)(H,40,50)(H,41,48)(H,42,49)(H,51,52)(H3,37,38,43)/t22?,26-,27-,29-,30-/m0/s1. The lowest BCUT2D eigenvalue weighted by Gasteiger charge is -2.28. The lowest BCUT2D eigenvalue weighted by atomic mass is 9.97. The van der Waals surface area contributed by atoms with E-state index in [0.717, 1.165) is 5.06 Å². The van der Waals surface area contributed by atoms with Gasteiger partial charge in [0.1, 0.15) is 41.6 Å². The van der Waals surface area contributed by atoms with Crippen LogP contribution in [0.3, 0.4) is 0 Å². The highest BCUT2D eigenvalue weighted by Crippen LogP contribution is 2.14. The number of benzene rings is 2. The fourth-order valence-corrected chi connectivity index (χ4v) is 5.22. The van der Waals surface area contributed by atoms with Crippen LogP contribution in [-0.4, -0.2) is 106 Å². The van der Waals surface area contributed by atoms with Crippen LogP contribution in [0.15, 0.2) is 59.7 Å². The SMILES string of the molecule is CCC(C)[C@H](NC(=O)[C@H](Cc1ccc(O)cc1)NC(=O)[C@@H](NC(=O)[C@H](CCCN/C(N)=N\[N+](=O)[O-])NC(=O)CN(C)OC(=O)c1ccccc1)C(C)C)C(=O)O. The molecular weight excluding hydrogens is 734 g/mol. The molecule has 306 valence electrons. The highest BCUT2D eigenvalue weighted by Gasteiger charge is 2.34. The smallest absolute Gasteiger partial charge is 0.357 e. The van der Waals surface area contributed by atoms with Crippen LogP contribution in [0, 0.1) is 22.0 Å². The number of nitrogens with zero attached hydrogens (tertiary/aromatic N) is 3. The molecule has 1 unspecified atom stereocenters. The lowest BCUT2D eigenvalue weighted by Crippen LogP contribution is -2.60. The second-order valence-electron chi connectivity index (χ2n) is 13.3. The van der Waals surface area contributed by atoms with Crippen LogP contribution in [0.1, 0.15) is 62.9 Å². The molecular formula is C36H51N9O11. The van der Waals surface area contributed by atoms with Crippen LogP contribution in [0.5, 0.6) is 5.75 Å². The Morgan fingerprint density at radius 2 is 1.50 bits per heavy atom. The summed E-state index contributed by atoms with van der Waals surface area (Å²) in [5.74, 6) is -6.62. The Morgan fingerprint density at radius 1 is 0.893 bits per heavy atom. The quantitative estimate of drug-likeness (QED) is 0.0261. The van der Waals surface area contributed by atoms with Crippen molar-refractivity contribution >= 4 is 41.5 Å². The van der Waals surface area contributed by atoms with Gasteiger partial charge in [0.25, 0.3) is 5.96 Å². The maximum Gasteiger partial charge on any atom is 0.357 e. The van der Waals surface area contributed by atoms with E-state index in [9.17, 15) is 49.1 Å². The summed E-state index contributed by atoms with van der Waals surface area (Å²) >= 11 is 0. The van der Waals surface area contributed by atoms with E-state index in [4.69, 9.17) is 10.6 Å².